The van der Waals surface area contributed by atoms with E-state index in [4.69, 9.17) is 11.6 Å². The number of aliphatic imine (C=N–C) groups is 1. The van der Waals surface area contributed by atoms with Crippen molar-refractivity contribution in [3.8, 4) is 0 Å². The Morgan fingerprint density at radius 1 is 1.43 bits per heavy atom. The van der Waals surface area contributed by atoms with Crippen molar-refractivity contribution < 1.29 is 4.39 Å². The highest BCUT2D eigenvalue weighted by Gasteiger charge is 2.31. The minimum atomic E-state index is -0.397. The van der Waals surface area contributed by atoms with Gasteiger partial charge in [-0.3, -0.25) is 9.89 Å². The van der Waals surface area contributed by atoms with Gasteiger partial charge in [0.15, 0.2) is 5.96 Å². The molecule has 1 aliphatic rings. The van der Waals surface area contributed by atoms with Gasteiger partial charge in [-0.1, -0.05) is 24.6 Å². The molecule has 1 saturated heterocycles. The minimum absolute atomic E-state index is 0.143. The zero-order chi connectivity index (χ0) is 17.0. The average Bonchev–Trinajstić information content (AvgIpc) is 2.88. The number of halogens is 2. The van der Waals surface area contributed by atoms with Gasteiger partial charge >= 0.3 is 0 Å². The second-order valence-electron chi connectivity index (χ2n) is 6.45. The highest BCUT2D eigenvalue weighted by atomic mass is 35.5. The molecule has 4 nitrogen and oxygen atoms in total. The smallest absolute Gasteiger partial charge is 0.191 e. The van der Waals surface area contributed by atoms with E-state index in [2.05, 4.69) is 41.3 Å². The summed E-state index contributed by atoms with van der Waals surface area (Å²) >= 11 is 5.81. The number of hydrogen-bond donors (Lipinski definition) is 2. The standard InChI is InChI=1S/C17H26ClFN4/c1-11(2)23-9-12(3)16(10-23)22-17(20-4)21-8-13-5-6-15(19)14(18)7-13/h5-7,11-12,16H,8-10H2,1-4H3,(H2,20,21,22). The second kappa shape index (κ2) is 7.97. The number of nitrogens with zero attached hydrogens (tertiary/aromatic N) is 2. The molecule has 128 valence electrons. The highest BCUT2D eigenvalue weighted by Crippen LogP contribution is 2.19. The fraction of sp³-hybridized carbons (Fsp3) is 0.588. The Morgan fingerprint density at radius 2 is 2.17 bits per heavy atom. The van der Waals surface area contributed by atoms with Gasteiger partial charge in [-0.05, 0) is 37.5 Å². The minimum Gasteiger partial charge on any atom is -0.352 e. The van der Waals surface area contributed by atoms with Gasteiger partial charge in [-0.2, -0.15) is 0 Å². The number of benzene rings is 1. The van der Waals surface area contributed by atoms with Crippen LogP contribution in [-0.2, 0) is 6.54 Å². The van der Waals surface area contributed by atoms with Gasteiger partial charge in [0.1, 0.15) is 5.82 Å². The molecule has 6 heteroatoms. The van der Waals surface area contributed by atoms with Gasteiger partial charge in [0.05, 0.1) is 5.02 Å². The molecule has 1 aromatic rings. The van der Waals surface area contributed by atoms with Crippen molar-refractivity contribution >= 4 is 17.6 Å². The zero-order valence-corrected chi connectivity index (χ0v) is 15.0. The van der Waals surface area contributed by atoms with Gasteiger partial charge in [0, 0.05) is 38.8 Å². The summed E-state index contributed by atoms with van der Waals surface area (Å²) in [6.07, 6.45) is 0. The first-order valence-corrected chi connectivity index (χ1v) is 8.43. The molecule has 23 heavy (non-hydrogen) atoms. The molecule has 1 heterocycles. The Kier molecular flexibility index (Phi) is 6.25. The topological polar surface area (TPSA) is 39.7 Å². The molecule has 0 amide bonds. The van der Waals surface area contributed by atoms with E-state index in [9.17, 15) is 4.39 Å². The Morgan fingerprint density at radius 3 is 2.74 bits per heavy atom. The van der Waals surface area contributed by atoms with Crippen LogP contribution in [0.5, 0.6) is 0 Å². The Bertz CT molecular complexity index is 562. The number of hydrogen-bond acceptors (Lipinski definition) is 2. The summed E-state index contributed by atoms with van der Waals surface area (Å²) in [6.45, 7) is 9.37. The Hall–Kier alpha value is -1.33. The van der Waals surface area contributed by atoms with E-state index in [-0.39, 0.29) is 5.02 Å². The molecule has 0 bridgehead atoms. The molecular weight excluding hydrogens is 315 g/mol. The monoisotopic (exact) mass is 340 g/mol. The lowest BCUT2D eigenvalue weighted by molar-refractivity contribution is 0.265. The summed E-state index contributed by atoms with van der Waals surface area (Å²) < 4.78 is 13.2. The van der Waals surface area contributed by atoms with E-state index >= 15 is 0 Å². The van der Waals surface area contributed by atoms with Crippen LogP contribution >= 0.6 is 11.6 Å². The molecule has 2 rings (SSSR count). The zero-order valence-electron chi connectivity index (χ0n) is 14.2. The molecule has 0 saturated carbocycles. The van der Waals surface area contributed by atoms with Crippen LogP contribution in [0.1, 0.15) is 26.3 Å². The number of likely N-dealkylation sites (tertiary alicyclic amines) is 1. The van der Waals surface area contributed by atoms with E-state index in [1.54, 1.807) is 19.2 Å². The van der Waals surface area contributed by atoms with Crippen LogP contribution in [0, 0.1) is 11.7 Å². The quantitative estimate of drug-likeness (QED) is 0.654. The molecule has 1 aromatic carbocycles. The van der Waals surface area contributed by atoms with E-state index < -0.39 is 5.82 Å². The summed E-state index contributed by atoms with van der Waals surface area (Å²) in [5.41, 5.74) is 0.919. The van der Waals surface area contributed by atoms with Crippen molar-refractivity contribution in [1.29, 1.82) is 0 Å². The molecule has 1 fully saturated rings. The van der Waals surface area contributed by atoms with Crippen molar-refractivity contribution in [2.24, 2.45) is 10.9 Å². The Balaban J connectivity index is 1.89. The number of guanidine groups is 1. The van der Waals surface area contributed by atoms with Crippen LogP contribution in [0.15, 0.2) is 23.2 Å². The van der Waals surface area contributed by atoms with Gasteiger partial charge in [0.2, 0.25) is 0 Å². The second-order valence-corrected chi connectivity index (χ2v) is 6.86. The Labute approximate surface area is 143 Å². The van der Waals surface area contributed by atoms with Crippen LogP contribution in [0.2, 0.25) is 5.02 Å². The van der Waals surface area contributed by atoms with Crippen LogP contribution < -0.4 is 10.6 Å². The first-order valence-electron chi connectivity index (χ1n) is 8.06. The third-order valence-electron chi connectivity index (χ3n) is 4.36. The molecular formula is C17H26ClFN4. The number of rotatable bonds is 4. The first kappa shape index (κ1) is 18.0. The highest BCUT2D eigenvalue weighted by molar-refractivity contribution is 6.30. The van der Waals surface area contributed by atoms with Gasteiger partial charge in [0.25, 0.3) is 0 Å². The maximum absolute atomic E-state index is 13.2. The molecule has 2 N–H and O–H groups in total. The predicted molar refractivity (Wildman–Crippen MR) is 94.4 cm³/mol. The normalized spacial score (nSPS) is 22.7. The summed E-state index contributed by atoms with van der Waals surface area (Å²) in [5.74, 6) is 0.926. The lowest BCUT2D eigenvalue weighted by Gasteiger charge is -2.22. The van der Waals surface area contributed by atoms with E-state index in [0.717, 1.165) is 24.6 Å². The lowest BCUT2D eigenvalue weighted by Crippen LogP contribution is -2.46. The maximum Gasteiger partial charge on any atom is 0.191 e. The van der Waals surface area contributed by atoms with E-state index in [0.29, 0.717) is 24.5 Å². The fourth-order valence-electron chi connectivity index (χ4n) is 2.82. The predicted octanol–water partition coefficient (Wildman–Crippen LogP) is 2.87. The van der Waals surface area contributed by atoms with Crippen LogP contribution in [-0.4, -0.2) is 43.1 Å². The summed E-state index contributed by atoms with van der Waals surface area (Å²) in [4.78, 5) is 6.75. The molecule has 2 unspecified atom stereocenters. The van der Waals surface area contributed by atoms with Crippen molar-refractivity contribution in [2.45, 2.75) is 39.4 Å². The number of nitrogens with one attached hydrogen (secondary N) is 2. The van der Waals surface area contributed by atoms with Crippen molar-refractivity contribution in [2.75, 3.05) is 20.1 Å². The lowest BCUT2D eigenvalue weighted by atomic mass is 10.1. The third-order valence-corrected chi connectivity index (χ3v) is 4.65. The van der Waals surface area contributed by atoms with E-state index in [1.807, 2.05) is 0 Å². The third kappa shape index (κ3) is 4.82. The average molecular weight is 341 g/mol. The molecule has 0 aromatic heterocycles. The van der Waals surface area contributed by atoms with Crippen molar-refractivity contribution in [3.05, 3.63) is 34.6 Å². The summed E-state index contributed by atoms with van der Waals surface area (Å²) in [5, 5.41) is 6.89. The molecule has 0 aliphatic carbocycles. The van der Waals surface area contributed by atoms with Crippen LogP contribution in [0.4, 0.5) is 4.39 Å². The SMILES string of the molecule is CN=C(NCc1ccc(F)c(Cl)c1)NC1CN(C(C)C)CC1C. The molecule has 0 radical (unpaired) electrons. The first-order chi connectivity index (χ1) is 10.9. The molecule has 0 spiro atoms. The van der Waals surface area contributed by atoms with Gasteiger partial charge in [-0.25, -0.2) is 4.39 Å². The molecule has 1 aliphatic heterocycles. The maximum atomic E-state index is 13.2. The molecule has 2 atom stereocenters. The van der Waals surface area contributed by atoms with Gasteiger partial charge < -0.3 is 10.6 Å². The summed E-state index contributed by atoms with van der Waals surface area (Å²) in [6, 6.07) is 5.67. The van der Waals surface area contributed by atoms with Gasteiger partial charge in [-0.15, -0.1) is 0 Å². The van der Waals surface area contributed by atoms with Crippen LogP contribution in [0.25, 0.3) is 0 Å². The van der Waals surface area contributed by atoms with Crippen molar-refractivity contribution in [3.63, 3.8) is 0 Å². The van der Waals surface area contributed by atoms with E-state index in [1.165, 1.54) is 6.07 Å². The fourth-order valence-corrected chi connectivity index (χ4v) is 3.02. The van der Waals surface area contributed by atoms with Crippen LogP contribution in [0.3, 0.4) is 0 Å². The van der Waals surface area contributed by atoms with Crippen molar-refractivity contribution in [1.82, 2.24) is 15.5 Å². The largest absolute Gasteiger partial charge is 0.352 e. The summed E-state index contributed by atoms with van der Waals surface area (Å²) in [7, 11) is 1.76.